The molecule has 4 heteroatoms. The molecular formula is C10H13NO2S. The summed E-state index contributed by atoms with van der Waals surface area (Å²) >= 11 is 0. The van der Waals surface area contributed by atoms with E-state index in [1.807, 2.05) is 12.1 Å². The van der Waals surface area contributed by atoms with Crippen molar-refractivity contribution >= 4 is 9.84 Å². The lowest BCUT2D eigenvalue weighted by Gasteiger charge is -2.06. The predicted molar refractivity (Wildman–Crippen MR) is 54.9 cm³/mol. The number of rotatable bonds is 2. The molecule has 1 aromatic rings. The zero-order valence-corrected chi connectivity index (χ0v) is 8.63. The zero-order valence-electron chi connectivity index (χ0n) is 7.81. The first kappa shape index (κ1) is 9.68. The highest BCUT2D eigenvalue weighted by molar-refractivity contribution is 7.91. The lowest BCUT2D eigenvalue weighted by molar-refractivity contribution is 0.595. The third-order valence-corrected chi connectivity index (χ3v) is 4.51. The van der Waals surface area contributed by atoms with Gasteiger partial charge >= 0.3 is 0 Å². The summed E-state index contributed by atoms with van der Waals surface area (Å²) in [7, 11) is -3.03. The van der Waals surface area contributed by atoms with Crippen LogP contribution in [0.25, 0.3) is 0 Å². The van der Waals surface area contributed by atoms with Gasteiger partial charge in [-0.05, 0) is 24.6 Å². The van der Waals surface area contributed by atoms with Crippen molar-refractivity contribution in [2.24, 2.45) is 5.73 Å². The summed E-state index contributed by atoms with van der Waals surface area (Å²) < 4.78 is 23.4. The molecule has 0 fully saturated rings. The lowest BCUT2D eigenvalue weighted by Crippen LogP contribution is -2.09. The molecule has 0 spiro atoms. The maximum Gasteiger partial charge on any atom is 0.179 e. The Bertz CT molecular complexity index is 439. The van der Waals surface area contributed by atoms with Gasteiger partial charge in [-0.2, -0.15) is 0 Å². The Morgan fingerprint density at radius 1 is 1.36 bits per heavy atom. The quantitative estimate of drug-likeness (QED) is 0.791. The molecule has 0 radical (unpaired) electrons. The normalized spacial score (nSPS) is 23.4. The topological polar surface area (TPSA) is 60.2 Å². The SMILES string of the molecule is NCCC1CS(=O)(=O)c2ccccc21. The van der Waals surface area contributed by atoms with Gasteiger partial charge in [-0.25, -0.2) is 8.42 Å². The molecule has 0 saturated carbocycles. The van der Waals surface area contributed by atoms with Gasteiger partial charge in [0.15, 0.2) is 9.84 Å². The molecule has 14 heavy (non-hydrogen) atoms. The third-order valence-electron chi connectivity index (χ3n) is 2.63. The van der Waals surface area contributed by atoms with Crippen LogP contribution in [0.15, 0.2) is 29.2 Å². The Labute approximate surface area is 83.9 Å². The minimum Gasteiger partial charge on any atom is -0.330 e. The molecule has 1 aliphatic rings. The standard InChI is InChI=1S/C10H13NO2S/c11-6-5-8-7-14(12,13)10-4-2-1-3-9(8)10/h1-4,8H,5-7,11H2. The van der Waals surface area contributed by atoms with Crippen LogP contribution in [0.5, 0.6) is 0 Å². The summed E-state index contributed by atoms with van der Waals surface area (Å²) in [6.45, 7) is 0.536. The van der Waals surface area contributed by atoms with Gasteiger partial charge < -0.3 is 5.73 Å². The van der Waals surface area contributed by atoms with Crippen LogP contribution in [-0.2, 0) is 9.84 Å². The van der Waals surface area contributed by atoms with Crippen LogP contribution in [0.1, 0.15) is 17.9 Å². The summed E-state index contributed by atoms with van der Waals surface area (Å²) in [5.74, 6) is 0.324. The van der Waals surface area contributed by atoms with E-state index in [4.69, 9.17) is 5.73 Å². The van der Waals surface area contributed by atoms with Crippen LogP contribution >= 0.6 is 0 Å². The van der Waals surface area contributed by atoms with E-state index in [2.05, 4.69) is 0 Å². The second-order valence-corrected chi connectivity index (χ2v) is 5.60. The second kappa shape index (κ2) is 3.37. The van der Waals surface area contributed by atoms with Crippen molar-refractivity contribution in [3.05, 3.63) is 29.8 Å². The highest BCUT2D eigenvalue weighted by Crippen LogP contribution is 2.36. The summed E-state index contributed by atoms with van der Waals surface area (Å²) in [6.07, 6.45) is 0.746. The van der Waals surface area contributed by atoms with Crippen LogP contribution in [0, 0.1) is 0 Å². The van der Waals surface area contributed by atoms with Crippen molar-refractivity contribution < 1.29 is 8.42 Å². The van der Waals surface area contributed by atoms with E-state index in [0.29, 0.717) is 11.4 Å². The van der Waals surface area contributed by atoms with Gasteiger partial charge in [0, 0.05) is 5.92 Å². The summed E-state index contributed by atoms with van der Waals surface area (Å²) in [5, 5.41) is 0. The molecule has 76 valence electrons. The average molecular weight is 211 g/mol. The van der Waals surface area contributed by atoms with E-state index in [0.717, 1.165) is 12.0 Å². The fraction of sp³-hybridized carbons (Fsp3) is 0.400. The molecule has 3 nitrogen and oxygen atoms in total. The number of nitrogens with two attached hydrogens (primary N) is 1. The predicted octanol–water partition coefficient (Wildman–Crippen LogP) is 0.906. The van der Waals surface area contributed by atoms with Crippen LogP contribution in [-0.4, -0.2) is 20.7 Å². The number of hydrogen-bond donors (Lipinski definition) is 1. The lowest BCUT2D eigenvalue weighted by atomic mass is 9.98. The molecule has 1 heterocycles. The van der Waals surface area contributed by atoms with E-state index < -0.39 is 9.84 Å². The monoisotopic (exact) mass is 211 g/mol. The van der Waals surface area contributed by atoms with Gasteiger partial charge in [0.05, 0.1) is 10.6 Å². The first-order valence-corrected chi connectivity index (χ1v) is 6.32. The molecule has 0 aliphatic carbocycles. The maximum atomic E-state index is 11.7. The first-order valence-electron chi connectivity index (χ1n) is 4.67. The van der Waals surface area contributed by atoms with Crippen molar-refractivity contribution in [1.82, 2.24) is 0 Å². The number of hydrogen-bond acceptors (Lipinski definition) is 3. The van der Waals surface area contributed by atoms with Gasteiger partial charge in [0.25, 0.3) is 0 Å². The Hall–Kier alpha value is -0.870. The molecule has 0 bridgehead atoms. The van der Waals surface area contributed by atoms with E-state index in [9.17, 15) is 8.42 Å². The number of sulfone groups is 1. The van der Waals surface area contributed by atoms with Gasteiger partial charge in [0.2, 0.25) is 0 Å². The molecule has 2 N–H and O–H groups in total. The van der Waals surface area contributed by atoms with Crippen LogP contribution in [0.3, 0.4) is 0 Å². The summed E-state index contributed by atoms with van der Waals surface area (Å²) in [5.41, 5.74) is 6.40. The molecule has 0 amide bonds. The minimum atomic E-state index is -3.03. The summed E-state index contributed by atoms with van der Waals surface area (Å²) in [6, 6.07) is 7.21. The van der Waals surface area contributed by atoms with E-state index in [1.165, 1.54) is 0 Å². The van der Waals surface area contributed by atoms with Crippen LogP contribution in [0.4, 0.5) is 0 Å². The smallest absolute Gasteiger partial charge is 0.179 e. The Morgan fingerprint density at radius 3 is 2.79 bits per heavy atom. The Morgan fingerprint density at radius 2 is 2.07 bits per heavy atom. The molecule has 1 aliphatic heterocycles. The van der Waals surface area contributed by atoms with Crippen molar-refractivity contribution in [1.29, 1.82) is 0 Å². The minimum absolute atomic E-state index is 0.0983. The summed E-state index contributed by atoms with van der Waals surface area (Å²) in [4.78, 5) is 0.499. The van der Waals surface area contributed by atoms with Crippen molar-refractivity contribution in [2.45, 2.75) is 17.2 Å². The third kappa shape index (κ3) is 1.44. The highest BCUT2D eigenvalue weighted by Gasteiger charge is 2.33. The zero-order chi connectivity index (χ0) is 10.2. The van der Waals surface area contributed by atoms with E-state index >= 15 is 0 Å². The fourth-order valence-electron chi connectivity index (χ4n) is 1.99. The van der Waals surface area contributed by atoms with Crippen LogP contribution in [0.2, 0.25) is 0 Å². The average Bonchev–Trinajstić information content (AvgIpc) is 2.41. The number of benzene rings is 1. The molecule has 0 aromatic heterocycles. The van der Waals surface area contributed by atoms with Crippen LogP contribution < -0.4 is 5.73 Å². The largest absolute Gasteiger partial charge is 0.330 e. The first-order chi connectivity index (χ1) is 6.65. The van der Waals surface area contributed by atoms with Gasteiger partial charge in [0.1, 0.15) is 0 Å². The molecule has 1 atom stereocenters. The number of fused-ring (bicyclic) bond motifs is 1. The van der Waals surface area contributed by atoms with Crippen molar-refractivity contribution in [2.75, 3.05) is 12.3 Å². The van der Waals surface area contributed by atoms with Gasteiger partial charge in [-0.15, -0.1) is 0 Å². The van der Waals surface area contributed by atoms with Gasteiger partial charge in [-0.1, -0.05) is 18.2 Å². The fourth-order valence-corrected chi connectivity index (χ4v) is 3.92. The molecule has 1 aromatic carbocycles. The van der Waals surface area contributed by atoms with E-state index in [-0.39, 0.29) is 11.7 Å². The Balaban J connectivity index is 2.50. The van der Waals surface area contributed by atoms with Crippen molar-refractivity contribution in [3.8, 4) is 0 Å². The van der Waals surface area contributed by atoms with Gasteiger partial charge in [-0.3, -0.25) is 0 Å². The maximum absolute atomic E-state index is 11.7. The molecule has 0 saturated heterocycles. The van der Waals surface area contributed by atoms with E-state index in [1.54, 1.807) is 12.1 Å². The highest BCUT2D eigenvalue weighted by atomic mass is 32.2. The molecular weight excluding hydrogens is 198 g/mol. The van der Waals surface area contributed by atoms with Crippen molar-refractivity contribution in [3.63, 3.8) is 0 Å². The molecule has 2 rings (SSSR count). The Kier molecular flexibility index (Phi) is 2.33. The second-order valence-electron chi connectivity index (χ2n) is 3.59. The molecule has 1 unspecified atom stereocenters.